The summed E-state index contributed by atoms with van der Waals surface area (Å²) in [4.78, 5) is 0. The number of nitrogens with zero attached hydrogens (tertiary/aromatic N) is 5. The van der Waals surface area contributed by atoms with Gasteiger partial charge in [0.25, 0.3) is 0 Å². The van der Waals surface area contributed by atoms with Crippen LogP contribution in [0.25, 0.3) is 11.1 Å². The van der Waals surface area contributed by atoms with Crippen molar-refractivity contribution >= 4 is 5.69 Å². The molecule has 2 N–H and O–H groups in total. The van der Waals surface area contributed by atoms with E-state index in [4.69, 9.17) is 4.74 Å². The number of hydrogen-bond donors (Lipinski definition) is 2. The number of hydrogen-bond acceptors (Lipinski definition) is 7. The van der Waals surface area contributed by atoms with E-state index < -0.39 is 0 Å². The summed E-state index contributed by atoms with van der Waals surface area (Å²) in [5.74, 6) is 0.740. The van der Waals surface area contributed by atoms with Gasteiger partial charge in [-0.2, -0.15) is 10.2 Å². The molecule has 0 aliphatic carbocycles. The number of rotatable bonds is 6. The van der Waals surface area contributed by atoms with Crippen LogP contribution in [-0.2, 0) is 7.05 Å². The smallest absolute Gasteiger partial charge is 0.142 e. The summed E-state index contributed by atoms with van der Waals surface area (Å²) in [6, 6.07) is 14.9. The van der Waals surface area contributed by atoms with Crippen LogP contribution in [0.4, 0.5) is 5.69 Å². The van der Waals surface area contributed by atoms with Crippen LogP contribution in [0.3, 0.4) is 0 Å². The van der Waals surface area contributed by atoms with Crippen molar-refractivity contribution in [3.63, 3.8) is 0 Å². The monoisotopic (exact) mass is 432 g/mol. The lowest BCUT2D eigenvalue weighted by molar-refractivity contribution is 0.202. The number of para-hydroxylation sites is 2. The van der Waals surface area contributed by atoms with E-state index in [9.17, 15) is 5.11 Å². The largest absolute Gasteiger partial charge is 0.489 e. The van der Waals surface area contributed by atoms with Gasteiger partial charge in [0, 0.05) is 25.4 Å². The molecule has 2 aromatic carbocycles. The third-order valence-corrected chi connectivity index (χ3v) is 6.16. The van der Waals surface area contributed by atoms with Crippen molar-refractivity contribution in [1.29, 1.82) is 0 Å². The fourth-order valence-corrected chi connectivity index (χ4v) is 4.64. The molecule has 2 aliphatic heterocycles. The SMILES string of the molecule is CC1N=NN2CCC(Nc3ccccc3OCCO)c3cc(-c4cnn(C)c4)ccc3C12. The zero-order valence-electron chi connectivity index (χ0n) is 18.3. The second kappa shape index (κ2) is 8.63. The second-order valence-electron chi connectivity index (χ2n) is 8.35. The van der Waals surface area contributed by atoms with Crippen LogP contribution >= 0.6 is 0 Å². The highest BCUT2D eigenvalue weighted by Gasteiger charge is 2.37. The third-order valence-electron chi connectivity index (χ3n) is 6.16. The summed E-state index contributed by atoms with van der Waals surface area (Å²) in [5.41, 5.74) is 5.64. The number of aromatic nitrogens is 2. The Morgan fingerprint density at radius 3 is 2.84 bits per heavy atom. The minimum Gasteiger partial charge on any atom is -0.489 e. The summed E-state index contributed by atoms with van der Waals surface area (Å²) >= 11 is 0. The minimum absolute atomic E-state index is 0.0192. The fraction of sp³-hybridized carbons (Fsp3) is 0.375. The van der Waals surface area contributed by atoms with Crippen molar-refractivity contribution in [2.24, 2.45) is 17.4 Å². The average molecular weight is 433 g/mol. The molecule has 2 aliphatic rings. The van der Waals surface area contributed by atoms with Crippen molar-refractivity contribution in [3.05, 3.63) is 66.0 Å². The molecule has 0 amide bonds. The number of fused-ring (bicyclic) bond motifs is 3. The molecular formula is C24H28N6O2. The topological polar surface area (TPSA) is 87.3 Å². The van der Waals surface area contributed by atoms with Gasteiger partial charge in [-0.1, -0.05) is 29.5 Å². The van der Waals surface area contributed by atoms with Crippen LogP contribution < -0.4 is 10.1 Å². The van der Waals surface area contributed by atoms with Gasteiger partial charge in [-0.25, -0.2) is 0 Å². The summed E-state index contributed by atoms with van der Waals surface area (Å²) in [6.45, 7) is 3.18. The van der Waals surface area contributed by atoms with Gasteiger partial charge < -0.3 is 15.2 Å². The van der Waals surface area contributed by atoms with E-state index in [1.807, 2.05) is 48.4 Å². The van der Waals surface area contributed by atoms with E-state index in [-0.39, 0.29) is 31.3 Å². The maximum Gasteiger partial charge on any atom is 0.142 e. The van der Waals surface area contributed by atoms with Crippen molar-refractivity contribution in [2.75, 3.05) is 25.1 Å². The Kier molecular flexibility index (Phi) is 5.53. The zero-order chi connectivity index (χ0) is 22.1. The van der Waals surface area contributed by atoms with Crippen LogP contribution in [0.1, 0.15) is 36.6 Å². The molecule has 1 aromatic heterocycles. The Balaban J connectivity index is 1.55. The average Bonchev–Trinajstić information content (AvgIpc) is 3.36. The Hall–Kier alpha value is -3.39. The van der Waals surface area contributed by atoms with E-state index in [1.54, 1.807) is 0 Å². The lowest BCUT2D eigenvalue weighted by atomic mass is 9.90. The first-order chi connectivity index (χ1) is 15.6. The third kappa shape index (κ3) is 3.82. The predicted octanol–water partition coefficient (Wildman–Crippen LogP) is 4.13. The van der Waals surface area contributed by atoms with E-state index in [0.29, 0.717) is 0 Å². The molecule has 8 nitrogen and oxygen atoms in total. The molecule has 0 saturated heterocycles. The lowest BCUT2D eigenvalue weighted by Gasteiger charge is -2.25. The van der Waals surface area contributed by atoms with Gasteiger partial charge in [0.2, 0.25) is 0 Å². The number of aliphatic hydroxyl groups is 1. The molecule has 166 valence electrons. The molecule has 0 radical (unpaired) electrons. The molecule has 3 unspecified atom stereocenters. The Bertz CT molecular complexity index is 1130. The van der Waals surface area contributed by atoms with Gasteiger partial charge in [-0.05, 0) is 48.2 Å². The number of ether oxygens (including phenoxy) is 1. The highest BCUT2D eigenvalue weighted by molar-refractivity contribution is 5.65. The molecule has 0 saturated carbocycles. The van der Waals surface area contributed by atoms with E-state index >= 15 is 0 Å². The summed E-state index contributed by atoms with van der Waals surface area (Å²) < 4.78 is 7.59. The van der Waals surface area contributed by atoms with Gasteiger partial charge in [0.05, 0.1) is 36.6 Å². The maximum atomic E-state index is 9.19. The molecule has 0 fully saturated rings. The molecule has 8 heteroatoms. The number of anilines is 1. The zero-order valence-corrected chi connectivity index (χ0v) is 18.3. The highest BCUT2D eigenvalue weighted by Crippen LogP contribution is 2.43. The van der Waals surface area contributed by atoms with E-state index in [2.05, 4.69) is 50.9 Å². The predicted molar refractivity (Wildman–Crippen MR) is 122 cm³/mol. The van der Waals surface area contributed by atoms with Crippen LogP contribution in [0.5, 0.6) is 5.75 Å². The molecule has 0 spiro atoms. The number of nitrogens with one attached hydrogen (secondary N) is 1. The number of benzene rings is 2. The molecule has 5 rings (SSSR count). The second-order valence-corrected chi connectivity index (χ2v) is 8.35. The first-order valence-corrected chi connectivity index (χ1v) is 11.0. The molecule has 3 aromatic rings. The molecule has 0 bridgehead atoms. The standard InChI is InChI=1S/C24H28N6O2/c1-16-24-19-8-7-17(18-14-25-29(2)15-18)13-20(19)21(9-10-30(24)28-27-16)26-22-5-3-4-6-23(22)32-12-11-31/h3-8,13-16,21,24,26,31H,9-12H2,1-2H3. The normalized spacial score (nSPS) is 21.7. The van der Waals surface area contributed by atoms with Crippen LogP contribution in [0.15, 0.2) is 65.2 Å². The van der Waals surface area contributed by atoms with Crippen molar-refractivity contribution in [1.82, 2.24) is 14.8 Å². The maximum absolute atomic E-state index is 9.19. The Morgan fingerprint density at radius 2 is 2.03 bits per heavy atom. The van der Waals surface area contributed by atoms with E-state index in [1.165, 1.54) is 11.1 Å². The van der Waals surface area contributed by atoms with Gasteiger partial charge in [-0.15, -0.1) is 0 Å². The Labute approximate surface area is 187 Å². The van der Waals surface area contributed by atoms with Crippen LogP contribution in [0, 0.1) is 0 Å². The first-order valence-electron chi connectivity index (χ1n) is 11.0. The van der Waals surface area contributed by atoms with Crippen molar-refractivity contribution < 1.29 is 9.84 Å². The number of aliphatic hydroxyl groups excluding tert-OH is 1. The molecule has 3 atom stereocenters. The summed E-state index contributed by atoms with van der Waals surface area (Å²) in [5, 5.41) is 28.2. The van der Waals surface area contributed by atoms with Gasteiger partial charge in [0.1, 0.15) is 12.4 Å². The summed E-state index contributed by atoms with van der Waals surface area (Å²) in [6.07, 6.45) is 4.81. The minimum atomic E-state index is -0.0192. The molecule has 3 heterocycles. The van der Waals surface area contributed by atoms with Crippen molar-refractivity contribution in [3.8, 4) is 16.9 Å². The fourth-order valence-electron chi connectivity index (χ4n) is 4.64. The van der Waals surface area contributed by atoms with Gasteiger partial charge in [-0.3, -0.25) is 9.69 Å². The van der Waals surface area contributed by atoms with Crippen LogP contribution in [0.2, 0.25) is 0 Å². The lowest BCUT2D eigenvalue weighted by Crippen LogP contribution is -2.25. The van der Waals surface area contributed by atoms with Gasteiger partial charge in [0.15, 0.2) is 0 Å². The number of aryl methyl sites for hydroxylation is 1. The Morgan fingerprint density at radius 1 is 1.16 bits per heavy atom. The quantitative estimate of drug-likeness (QED) is 0.612. The summed E-state index contributed by atoms with van der Waals surface area (Å²) in [7, 11) is 1.93. The van der Waals surface area contributed by atoms with Crippen molar-refractivity contribution in [2.45, 2.75) is 31.5 Å². The molecular weight excluding hydrogens is 404 g/mol. The molecule has 32 heavy (non-hydrogen) atoms. The van der Waals surface area contributed by atoms with Crippen LogP contribution in [-0.4, -0.2) is 45.7 Å². The first kappa shape index (κ1) is 20.5. The van der Waals surface area contributed by atoms with Gasteiger partial charge >= 0.3 is 0 Å². The van der Waals surface area contributed by atoms with E-state index in [0.717, 1.165) is 35.5 Å². The highest BCUT2D eigenvalue weighted by atomic mass is 16.5.